The van der Waals surface area contributed by atoms with Gasteiger partial charge < -0.3 is 24.4 Å². The Morgan fingerprint density at radius 2 is 2.03 bits per heavy atom. The van der Waals surface area contributed by atoms with Crippen molar-refractivity contribution in [2.75, 3.05) is 18.5 Å². The molecule has 0 spiro atoms. The Labute approximate surface area is 183 Å². The Morgan fingerprint density at radius 3 is 2.74 bits per heavy atom. The topological polar surface area (TPSA) is 103 Å². The molecule has 2 atom stereocenters. The summed E-state index contributed by atoms with van der Waals surface area (Å²) in [6.45, 7) is 6.21. The first-order valence-electron chi connectivity index (χ1n) is 9.81. The lowest BCUT2D eigenvalue weighted by Gasteiger charge is -2.16. The quantitative estimate of drug-likeness (QED) is 0.586. The van der Waals surface area contributed by atoms with Gasteiger partial charge in [-0.1, -0.05) is 16.8 Å². The van der Waals surface area contributed by atoms with Crippen LogP contribution in [0.15, 0.2) is 28.8 Å². The van der Waals surface area contributed by atoms with E-state index in [0.717, 1.165) is 5.69 Å². The molecule has 3 heterocycles. The highest BCUT2D eigenvalue weighted by Crippen LogP contribution is 2.34. The maximum absolute atomic E-state index is 14.6. The van der Waals surface area contributed by atoms with E-state index in [0.29, 0.717) is 11.4 Å². The third kappa shape index (κ3) is 4.79. The van der Waals surface area contributed by atoms with Crippen LogP contribution in [-0.4, -0.2) is 51.7 Å². The number of hydrogen-bond acceptors (Lipinski definition) is 8. The lowest BCUT2D eigenvalue weighted by Crippen LogP contribution is -2.30. The van der Waals surface area contributed by atoms with E-state index >= 15 is 0 Å². The van der Waals surface area contributed by atoms with Crippen molar-refractivity contribution in [3.63, 3.8) is 0 Å². The molecule has 10 heteroatoms. The van der Waals surface area contributed by atoms with Crippen LogP contribution in [0, 0.1) is 12.7 Å². The first-order valence-corrected chi connectivity index (χ1v) is 10.2. The van der Waals surface area contributed by atoms with Crippen LogP contribution in [0.5, 0.6) is 5.75 Å². The van der Waals surface area contributed by atoms with Gasteiger partial charge in [0.2, 0.25) is 5.82 Å². The highest BCUT2D eigenvalue weighted by molar-refractivity contribution is 6.33. The molecule has 0 unspecified atom stereocenters. The molecule has 3 aromatic rings. The molecule has 4 rings (SSSR count). The molecule has 164 valence electrons. The van der Waals surface area contributed by atoms with E-state index in [1.54, 1.807) is 6.07 Å². The van der Waals surface area contributed by atoms with Gasteiger partial charge in [-0.2, -0.15) is 4.98 Å². The molecule has 1 aliphatic heterocycles. The summed E-state index contributed by atoms with van der Waals surface area (Å²) in [6.07, 6.45) is -1.48. The van der Waals surface area contributed by atoms with Crippen LogP contribution < -0.4 is 10.1 Å². The van der Waals surface area contributed by atoms with Crippen molar-refractivity contribution < 1.29 is 23.5 Å². The molecule has 1 aliphatic rings. The number of anilines is 1. The molecule has 0 saturated carbocycles. The fourth-order valence-electron chi connectivity index (χ4n) is 3.20. The maximum Gasteiger partial charge on any atom is 0.258 e. The van der Waals surface area contributed by atoms with Crippen molar-refractivity contribution >= 4 is 17.4 Å². The summed E-state index contributed by atoms with van der Waals surface area (Å²) in [5.74, 6) is 0.348. The lowest BCUT2D eigenvalue weighted by molar-refractivity contribution is 0.0708. The van der Waals surface area contributed by atoms with Gasteiger partial charge in [0.15, 0.2) is 17.7 Å². The van der Waals surface area contributed by atoms with Crippen molar-refractivity contribution in [3.05, 3.63) is 40.8 Å². The monoisotopic (exact) mass is 448 g/mol. The van der Waals surface area contributed by atoms with E-state index in [1.165, 1.54) is 12.1 Å². The summed E-state index contributed by atoms with van der Waals surface area (Å²) in [6, 6.07) is 6.34. The standard InChI is InChI=1S/C21H22ClFN4O4/c1-10(2)24-19-5-12(4-11(3)25-19)21-26-20(27-31-21)13-6-15(23)17(7-14(13)22)30-18-9-29-8-16(18)28/h4-7,10,16,18,28H,8-9H2,1-3H3,(H,24,25)/t16-,18+/m1/s1. The van der Waals surface area contributed by atoms with E-state index in [1.807, 2.05) is 26.8 Å². The molecule has 2 aromatic heterocycles. The zero-order valence-corrected chi connectivity index (χ0v) is 18.0. The normalized spacial score (nSPS) is 18.5. The minimum Gasteiger partial charge on any atom is -0.482 e. The SMILES string of the molecule is Cc1cc(-c2nc(-c3cc(F)c(O[C@H]4COC[C@H]4O)cc3Cl)no2)cc(NC(C)C)n1. The van der Waals surface area contributed by atoms with Gasteiger partial charge in [-0.05, 0) is 39.0 Å². The van der Waals surface area contributed by atoms with Crippen LogP contribution in [-0.2, 0) is 4.74 Å². The smallest absolute Gasteiger partial charge is 0.258 e. The van der Waals surface area contributed by atoms with Gasteiger partial charge in [0.25, 0.3) is 5.89 Å². The van der Waals surface area contributed by atoms with Crippen molar-refractivity contribution in [3.8, 4) is 28.6 Å². The summed E-state index contributed by atoms with van der Waals surface area (Å²) < 4.78 is 30.7. The second kappa shape index (κ2) is 8.78. The molecule has 0 radical (unpaired) electrons. The average Bonchev–Trinajstić information content (AvgIpc) is 3.33. The number of benzene rings is 1. The van der Waals surface area contributed by atoms with Crippen LogP contribution in [0.2, 0.25) is 5.02 Å². The van der Waals surface area contributed by atoms with Gasteiger partial charge in [0, 0.05) is 28.9 Å². The largest absolute Gasteiger partial charge is 0.482 e. The second-order valence-corrected chi connectivity index (χ2v) is 8.04. The molecule has 1 saturated heterocycles. The Morgan fingerprint density at radius 1 is 1.23 bits per heavy atom. The van der Waals surface area contributed by atoms with E-state index in [2.05, 4.69) is 20.4 Å². The number of aliphatic hydroxyl groups excluding tert-OH is 1. The average molecular weight is 449 g/mol. The maximum atomic E-state index is 14.6. The van der Waals surface area contributed by atoms with Crippen molar-refractivity contribution in [1.29, 1.82) is 0 Å². The predicted octanol–water partition coefficient (Wildman–Crippen LogP) is 3.86. The number of aromatic nitrogens is 3. The van der Waals surface area contributed by atoms with Crippen LogP contribution in [0.3, 0.4) is 0 Å². The van der Waals surface area contributed by atoms with Gasteiger partial charge in [0.1, 0.15) is 11.9 Å². The molecular weight excluding hydrogens is 427 g/mol. The Balaban J connectivity index is 1.60. The number of pyridine rings is 1. The summed E-state index contributed by atoms with van der Waals surface area (Å²) in [7, 11) is 0. The molecule has 31 heavy (non-hydrogen) atoms. The van der Waals surface area contributed by atoms with Gasteiger partial charge in [0.05, 0.1) is 18.2 Å². The molecule has 0 bridgehead atoms. The van der Waals surface area contributed by atoms with Crippen molar-refractivity contribution in [1.82, 2.24) is 15.1 Å². The summed E-state index contributed by atoms with van der Waals surface area (Å²) in [4.78, 5) is 8.81. The van der Waals surface area contributed by atoms with E-state index < -0.39 is 18.0 Å². The number of aliphatic hydroxyl groups is 1. The third-order valence-corrected chi connectivity index (χ3v) is 4.92. The molecule has 2 N–H and O–H groups in total. The highest BCUT2D eigenvalue weighted by atomic mass is 35.5. The summed E-state index contributed by atoms with van der Waals surface area (Å²) in [5, 5.41) is 17.2. The second-order valence-electron chi connectivity index (χ2n) is 7.63. The number of hydrogen-bond donors (Lipinski definition) is 2. The van der Waals surface area contributed by atoms with Crippen molar-refractivity contribution in [2.45, 2.75) is 39.0 Å². The highest BCUT2D eigenvalue weighted by Gasteiger charge is 2.29. The summed E-state index contributed by atoms with van der Waals surface area (Å²) in [5.41, 5.74) is 1.72. The summed E-state index contributed by atoms with van der Waals surface area (Å²) >= 11 is 6.34. The lowest BCUT2D eigenvalue weighted by atomic mass is 10.2. The number of aryl methyl sites for hydroxylation is 1. The van der Waals surface area contributed by atoms with E-state index in [-0.39, 0.29) is 47.3 Å². The first kappa shape index (κ1) is 21.5. The number of rotatable bonds is 6. The zero-order valence-electron chi connectivity index (χ0n) is 17.2. The molecule has 1 aromatic carbocycles. The number of halogens is 2. The van der Waals surface area contributed by atoms with E-state index in [9.17, 15) is 9.50 Å². The number of ether oxygens (including phenoxy) is 2. The molecule has 8 nitrogen and oxygen atoms in total. The van der Waals surface area contributed by atoms with Crippen LogP contribution >= 0.6 is 11.6 Å². The van der Waals surface area contributed by atoms with Crippen LogP contribution in [0.1, 0.15) is 19.5 Å². The van der Waals surface area contributed by atoms with Crippen LogP contribution in [0.25, 0.3) is 22.8 Å². The van der Waals surface area contributed by atoms with Gasteiger partial charge in [-0.15, -0.1) is 0 Å². The molecular formula is C21H22ClFN4O4. The molecule has 0 amide bonds. The van der Waals surface area contributed by atoms with Gasteiger partial charge in [-0.3, -0.25) is 0 Å². The van der Waals surface area contributed by atoms with Crippen LogP contribution in [0.4, 0.5) is 10.2 Å². The fourth-order valence-corrected chi connectivity index (χ4v) is 3.44. The third-order valence-electron chi connectivity index (χ3n) is 4.60. The van der Waals surface area contributed by atoms with Crippen molar-refractivity contribution in [2.24, 2.45) is 0 Å². The molecule has 1 fully saturated rings. The predicted molar refractivity (Wildman–Crippen MR) is 113 cm³/mol. The Bertz CT molecular complexity index is 1090. The van der Waals surface area contributed by atoms with E-state index in [4.69, 9.17) is 25.6 Å². The van der Waals surface area contributed by atoms with Gasteiger partial charge >= 0.3 is 0 Å². The zero-order chi connectivity index (χ0) is 22.1. The molecule has 0 aliphatic carbocycles. The fraction of sp³-hybridized carbons (Fsp3) is 0.381. The number of nitrogens with zero attached hydrogens (tertiary/aromatic N) is 3. The Hall–Kier alpha value is -2.75. The van der Waals surface area contributed by atoms with Gasteiger partial charge in [-0.25, -0.2) is 9.37 Å². The Kier molecular flexibility index (Phi) is 6.08. The minimum absolute atomic E-state index is 0.0822. The minimum atomic E-state index is -0.823. The first-order chi connectivity index (χ1) is 14.8. The number of nitrogens with one attached hydrogen (secondary N) is 1.